The SMILES string of the molecule is COc1ccc(S(=O)(=O)NC(CN)C(C)(C)C)cc1. The van der Waals surface area contributed by atoms with Gasteiger partial charge in [0.2, 0.25) is 10.0 Å². The zero-order chi connectivity index (χ0) is 14.7. The van der Waals surface area contributed by atoms with Gasteiger partial charge in [-0.1, -0.05) is 20.8 Å². The van der Waals surface area contributed by atoms with Gasteiger partial charge in [0.1, 0.15) is 5.75 Å². The summed E-state index contributed by atoms with van der Waals surface area (Å²) in [6.07, 6.45) is 0. The van der Waals surface area contributed by atoms with Crippen LogP contribution in [0.5, 0.6) is 5.75 Å². The van der Waals surface area contributed by atoms with Gasteiger partial charge >= 0.3 is 0 Å². The molecule has 5 nitrogen and oxygen atoms in total. The van der Waals surface area contributed by atoms with E-state index in [2.05, 4.69) is 4.72 Å². The van der Waals surface area contributed by atoms with Gasteiger partial charge in [0.05, 0.1) is 12.0 Å². The first-order chi connectivity index (χ1) is 8.70. The first-order valence-electron chi connectivity index (χ1n) is 6.07. The third kappa shape index (κ3) is 4.19. The summed E-state index contributed by atoms with van der Waals surface area (Å²) in [5, 5.41) is 0. The lowest BCUT2D eigenvalue weighted by Gasteiger charge is -2.30. The highest BCUT2D eigenvalue weighted by Crippen LogP contribution is 2.21. The van der Waals surface area contributed by atoms with Crippen LogP contribution in [0, 0.1) is 5.41 Å². The van der Waals surface area contributed by atoms with E-state index in [0.717, 1.165) is 0 Å². The fraction of sp³-hybridized carbons (Fsp3) is 0.538. The van der Waals surface area contributed by atoms with Gasteiger partial charge in [-0.15, -0.1) is 0 Å². The Bertz CT molecular complexity index is 504. The Morgan fingerprint density at radius 1 is 1.26 bits per heavy atom. The summed E-state index contributed by atoms with van der Waals surface area (Å²) in [6, 6.07) is 5.93. The summed E-state index contributed by atoms with van der Waals surface area (Å²) in [6.45, 7) is 6.09. The summed E-state index contributed by atoms with van der Waals surface area (Å²) < 4.78 is 32.1. The van der Waals surface area contributed by atoms with Crippen LogP contribution >= 0.6 is 0 Å². The van der Waals surface area contributed by atoms with Crippen molar-refractivity contribution < 1.29 is 13.2 Å². The van der Waals surface area contributed by atoms with Crippen LogP contribution in [0.15, 0.2) is 29.2 Å². The average molecular weight is 286 g/mol. The molecule has 0 fully saturated rings. The molecule has 0 aromatic heterocycles. The molecule has 1 aromatic carbocycles. The van der Waals surface area contributed by atoms with E-state index < -0.39 is 10.0 Å². The van der Waals surface area contributed by atoms with Crippen LogP contribution in [-0.2, 0) is 10.0 Å². The first-order valence-corrected chi connectivity index (χ1v) is 7.55. The number of nitrogens with one attached hydrogen (secondary N) is 1. The summed E-state index contributed by atoms with van der Waals surface area (Å²) in [4.78, 5) is 0.205. The summed E-state index contributed by atoms with van der Waals surface area (Å²) in [5.41, 5.74) is 5.40. The van der Waals surface area contributed by atoms with Crippen molar-refractivity contribution >= 4 is 10.0 Å². The van der Waals surface area contributed by atoms with E-state index in [-0.39, 0.29) is 22.9 Å². The Kier molecular flexibility index (Phi) is 4.95. The number of sulfonamides is 1. The number of rotatable bonds is 5. The zero-order valence-corrected chi connectivity index (χ0v) is 12.6. The molecule has 1 unspecified atom stereocenters. The Morgan fingerprint density at radius 2 is 1.79 bits per heavy atom. The maximum Gasteiger partial charge on any atom is 0.240 e. The number of benzene rings is 1. The second-order valence-electron chi connectivity index (χ2n) is 5.45. The molecule has 0 aliphatic rings. The molecule has 0 saturated carbocycles. The minimum atomic E-state index is -3.57. The third-order valence-corrected chi connectivity index (χ3v) is 4.44. The molecule has 0 amide bonds. The van der Waals surface area contributed by atoms with Crippen LogP contribution in [0.25, 0.3) is 0 Å². The average Bonchev–Trinajstić information content (AvgIpc) is 2.34. The van der Waals surface area contributed by atoms with Gasteiger partial charge in [0.15, 0.2) is 0 Å². The molecule has 1 aromatic rings. The van der Waals surface area contributed by atoms with E-state index in [4.69, 9.17) is 10.5 Å². The van der Waals surface area contributed by atoms with Crippen molar-refractivity contribution in [2.75, 3.05) is 13.7 Å². The Morgan fingerprint density at radius 3 is 2.16 bits per heavy atom. The minimum Gasteiger partial charge on any atom is -0.497 e. The molecular weight excluding hydrogens is 264 g/mol. The van der Waals surface area contributed by atoms with Crippen molar-refractivity contribution in [1.29, 1.82) is 0 Å². The van der Waals surface area contributed by atoms with Gasteiger partial charge < -0.3 is 10.5 Å². The van der Waals surface area contributed by atoms with E-state index >= 15 is 0 Å². The van der Waals surface area contributed by atoms with Crippen LogP contribution < -0.4 is 15.2 Å². The second-order valence-corrected chi connectivity index (χ2v) is 7.17. The molecule has 0 spiro atoms. The highest BCUT2D eigenvalue weighted by Gasteiger charge is 2.28. The van der Waals surface area contributed by atoms with Crippen LogP contribution in [0.1, 0.15) is 20.8 Å². The van der Waals surface area contributed by atoms with E-state index in [1.54, 1.807) is 12.1 Å². The zero-order valence-electron chi connectivity index (χ0n) is 11.8. The standard InChI is InChI=1S/C13H22N2O3S/c1-13(2,3)12(9-14)15-19(16,17)11-7-5-10(18-4)6-8-11/h5-8,12,15H,9,14H2,1-4H3. The second kappa shape index (κ2) is 5.90. The summed E-state index contributed by atoms with van der Waals surface area (Å²) >= 11 is 0. The Balaban J connectivity index is 2.97. The van der Waals surface area contributed by atoms with Crippen LogP contribution in [0.3, 0.4) is 0 Å². The first kappa shape index (κ1) is 15.9. The molecule has 3 N–H and O–H groups in total. The molecular formula is C13H22N2O3S. The molecule has 0 bridgehead atoms. The monoisotopic (exact) mass is 286 g/mol. The molecule has 0 aliphatic carbocycles. The number of hydrogen-bond acceptors (Lipinski definition) is 4. The van der Waals surface area contributed by atoms with Gasteiger partial charge in [-0.05, 0) is 29.7 Å². The van der Waals surface area contributed by atoms with Crippen molar-refractivity contribution in [1.82, 2.24) is 4.72 Å². The molecule has 6 heteroatoms. The predicted octanol–water partition coefficient (Wildman–Crippen LogP) is 1.35. The maximum absolute atomic E-state index is 12.2. The van der Waals surface area contributed by atoms with Crippen molar-refractivity contribution in [2.24, 2.45) is 11.1 Å². The molecule has 108 valence electrons. The maximum atomic E-state index is 12.2. The van der Waals surface area contributed by atoms with Crippen molar-refractivity contribution in [2.45, 2.75) is 31.7 Å². The van der Waals surface area contributed by atoms with Gasteiger partial charge in [-0.3, -0.25) is 0 Å². The van der Waals surface area contributed by atoms with E-state index in [0.29, 0.717) is 5.75 Å². The number of methoxy groups -OCH3 is 1. The number of hydrogen-bond donors (Lipinski definition) is 2. The molecule has 0 aliphatic heterocycles. The third-order valence-electron chi connectivity index (χ3n) is 2.95. The highest BCUT2D eigenvalue weighted by molar-refractivity contribution is 7.89. The predicted molar refractivity (Wildman–Crippen MR) is 75.6 cm³/mol. The van der Waals surface area contributed by atoms with Crippen LogP contribution in [0.2, 0.25) is 0 Å². The molecule has 0 heterocycles. The number of nitrogens with two attached hydrogens (primary N) is 1. The largest absolute Gasteiger partial charge is 0.497 e. The van der Waals surface area contributed by atoms with E-state index in [9.17, 15) is 8.42 Å². The lowest BCUT2D eigenvalue weighted by molar-refractivity contribution is 0.304. The highest BCUT2D eigenvalue weighted by atomic mass is 32.2. The fourth-order valence-corrected chi connectivity index (χ4v) is 3.04. The van der Waals surface area contributed by atoms with Crippen LogP contribution in [-0.4, -0.2) is 28.1 Å². The van der Waals surface area contributed by atoms with E-state index in [1.165, 1.54) is 19.2 Å². The smallest absolute Gasteiger partial charge is 0.240 e. The normalized spacial score (nSPS) is 14.2. The number of ether oxygens (including phenoxy) is 1. The lowest BCUT2D eigenvalue weighted by atomic mass is 9.88. The molecule has 1 rings (SSSR count). The van der Waals surface area contributed by atoms with Crippen molar-refractivity contribution in [3.05, 3.63) is 24.3 Å². The van der Waals surface area contributed by atoms with Crippen LogP contribution in [0.4, 0.5) is 0 Å². The fourth-order valence-electron chi connectivity index (χ4n) is 1.59. The summed E-state index contributed by atoms with van der Waals surface area (Å²) in [5.74, 6) is 0.616. The van der Waals surface area contributed by atoms with Crippen molar-refractivity contribution in [3.63, 3.8) is 0 Å². The quantitative estimate of drug-likeness (QED) is 0.856. The van der Waals surface area contributed by atoms with Gasteiger partial charge in [-0.2, -0.15) is 0 Å². The van der Waals surface area contributed by atoms with Gasteiger partial charge in [0.25, 0.3) is 0 Å². The Hall–Kier alpha value is -1.11. The van der Waals surface area contributed by atoms with Crippen molar-refractivity contribution in [3.8, 4) is 5.75 Å². The van der Waals surface area contributed by atoms with Gasteiger partial charge in [0, 0.05) is 12.6 Å². The molecule has 0 radical (unpaired) electrons. The minimum absolute atomic E-state index is 0.205. The van der Waals surface area contributed by atoms with E-state index in [1.807, 2.05) is 20.8 Å². The van der Waals surface area contributed by atoms with Gasteiger partial charge in [-0.25, -0.2) is 13.1 Å². The Labute approximate surface area is 115 Å². The lowest BCUT2D eigenvalue weighted by Crippen LogP contribution is -2.48. The molecule has 1 atom stereocenters. The molecule has 19 heavy (non-hydrogen) atoms. The molecule has 0 saturated heterocycles. The summed E-state index contributed by atoms with van der Waals surface area (Å²) in [7, 11) is -2.03. The topological polar surface area (TPSA) is 81.4 Å².